The molecule has 0 bridgehead atoms. The fourth-order valence-electron chi connectivity index (χ4n) is 5.57. The lowest BCUT2D eigenvalue weighted by Gasteiger charge is -2.31. The second kappa shape index (κ2) is 11.8. The van der Waals surface area contributed by atoms with Crippen LogP contribution in [-0.2, 0) is 54.8 Å². The van der Waals surface area contributed by atoms with Crippen LogP contribution in [0.15, 0.2) is 48.5 Å². The van der Waals surface area contributed by atoms with E-state index in [0.717, 1.165) is 35.4 Å². The van der Waals surface area contributed by atoms with Gasteiger partial charge in [-0.1, -0.05) is 23.7 Å². The van der Waals surface area contributed by atoms with Crippen molar-refractivity contribution in [3.8, 4) is 5.75 Å². The highest BCUT2D eigenvalue weighted by Gasteiger charge is 2.36. The van der Waals surface area contributed by atoms with E-state index < -0.39 is 23.5 Å². The van der Waals surface area contributed by atoms with Gasteiger partial charge in [-0.2, -0.15) is 13.2 Å². The number of hydrogen-bond acceptors (Lipinski definition) is 5. The number of fused-ring (bicyclic) bond motifs is 2. The first-order chi connectivity index (χ1) is 20.5. The Bertz CT molecular complexity index is 1690. The standard InChI is InChI=1S/C31H28ClF4N3O4/c32-22-3-2-20(25(33)13-22)17-43-28-12-21-14-38(7-5-19(21)11-24(28)31(34,35)36)16-29-37-26-4-1-18(10-30(40)41)9-27(26)39(29)15-23-6-8-42-23/h1-4,9,11-13,23H,5-8,10,14-17H2,(H,40,41)/t23-/m0/s1. The number of halogens is 5. The van der Waals surface area contributed by atoms with Gasteiger partial charge >= 0.3 is 12.1 Å². The predicted molar refractivity (Wildman–Crippen MR) is 150 cm³/mol. The number of hydrogen-bond donors (Lipinski definition) is 1. The minimum atomic E-state index is -4.64. The van der Waals surface area contributed by atoms with Crippen LogP contribution >= 0.6 is 11.6 Å². The Morgan fingerprint density at radius 1 is 1.14 bits per heavy atom. The maximum Gasteiger partial charge on any atom is 0.419 e. The Kier molecular flexibility index (Phi) is 8.06. The van der Waals surface area contributed by atoms with E-state index >= 15 is 0 Å². The maximum absolute atomic E-state index is 14.3. The first kappa shape index (κ1) is 29.4. The maximum atomic E-state index is 14.3. The van der Waals surface area contributed by atoms with E-state index in [1.807, 2.05) is 12.1 Å². The molecule has 1 saturated heterocycles. The molecule has 226 valence electrons. The van der Waals surface area contributed by atoms with Crippen LogP contribution in [-0.4, -0.2) is 44.8 Å². The Balaban J connectivity index is 1.26. The van der Waals surface area contributed by atoms with Crippen molar-refractivity contribution in [3.63, 3.8) is 0 Å². The third-order valence-electron chi connectivity index (χ3n) is 7.89. The molecular weight excluding hydrogens is 590 g/mol. The molecule has 1 N–H and O–H groups in total. The molecule has 43 heavy (non-hydrogen) atoms. The molecule has 0 saturated carbocycles. The number of carbonyl (C=O) groups is 1. The van der Waals surface area contributed by atoms with Gasteiger partial charge in [-0.25, -0.2) is 9.37 Å². The number of ether oxygens (including phenoxy) is 2. The molecule has 1 atom stereocenters. The summed E-state index contributed by atoms with van der Waals surface area (Å²) in [5, 5.41) is 9.44. The first-order valence-electron chi connectivity index (χ1n) is 13.9. The summed E-state index contributed by atoms with van der Waals surface area (Å²) in [6.45, 7) is 2.20. The summed E-state index contributed by atoms with van der Waals surface area (Å²) in [6, 6.07) is 11.9. The van der Waals surface area contributed by atoms with Gasteiger partial charge in [-0.05, 0) is 65.9 Å². The smallest absolute Gasteiger partial charge is 0.419 e. The summed E-state index contributed by atoms with van der Waals surface area (Å²) in [4.78, 5) is 18.2. The molecule has 3 heterocycles. The van der Waals surface area contributed by atoms with E-state index in [4.69, 9.17) is 26.1 Å². The number of alkyl halides is 3. The van der Waals surface area contributed by atoms with E-state index in [1.54, 1.807) is 6.07 Å². The highest BCUT2D eigenvalue weighted by molar-refractivity contribution is 6.30. The lowest BCUT2D eigenvalue weighted by atomic mass is 9.96. The zero-order valence-electron chi connectivity index (χ0n) is 23.0. The van der Waals surface area contributed by atoms with Gasteiger partial charge in [0.25, 0.3) is 0 Å². The van der Waals surface area contributed by atoms with E-state index in [0.29, 0.717) is 55.9 Å². The van der Waals surface area contributed by atoms with Crippen LogP contribution in [0.1, 0.15) is 40.1 Å². The van der Waals surface area contributed by atoms with Gasteiger partial charge in [-0.3, -0.25) is 9.69 Å². The number of nitrogens with zero attached hydrogens (tertiary/aromatic N) is 3. The van der Waals surface area contributed by atoms with Crippen molar-refractivity contribution >= 4 is 28.6 Å². The van der Waals surface area contributed by atoms with Crippen LogP contribution in [0.4, 0.5) is 17.6 Å². The zero-order valence-corrected chi connectivity index (χ0v) is 23.7. The molecule has 0 spiro atoms. The number of imidazole rings is 1. The van der Waals surface area contributed by atoms with Gasteiger partial charge in [0.15, 0.2) is 0 Å². The fraction of sp³-hybridized carbons (Fsp3) is 0.355. The highest BCUT2D eigenvalue weighted by Crippen LogP contribution is 2.40. The molecule has 6 rings (SSSR count). The van der Waals surface area contributed by atoms with Crippen LogP contribution in [0, 0.1) is 5.82 Å². The first-order valence-corrected chi connectivity index (χ1v) is 14.2. The van der Waals surface area contributed by atoms with Crippen molar-refractivity contribution in [1.82, 2.24) is 14.5 Å². The molecule has 0 radical (unpaired) electrons. The molecule has 1 fully saturated rings. The lowest BCUT2D eigenvalue weighted by molar-refractivity contribution is -0.139. The average Bonchev–Trinajstić information content (AvgIpc) is 3.24. The lowest BCUT2D eigenvalue weighted by Crippen LogP contribution is -2.34. The van der Waals surface area contributed by atoms with Gasteiger partial charge < -0.3 is 19.1 Å². The summed E-state index contributed by atoms with van der Waals surface area (Å²) in [5.74, 6) is -1.17. The topological polar surface area (TPSA) is 76.8 Å². The molecule has 12 heteroatoms. The van der Waals surface area contributed by atoms with Gasteiger partial charge in [0.2, 0.25) is 0 Å². The summed E-state index contributed by atoms with van der Waals surface area (Å²) in [6.07, 6.45) is -3.40. The molecular formula is C31H28ClF4N3O4. The second-order valence-electron chi connectivity index (χ2n) is 10.9. The van der Waals surface area contributed by atoms with Crippen molar-refractivity contribution in [1.29, 1.82) is 0 Å². The van der Waals surface area contributed by atoms with E-state index in [-0.39, 0.29) is 35.5 Å². The molecule has 0 amide bonds. The molecule has 7 nitrogen and oxygen atoms in total. The summed E-state index contributed by atoms with van der Waals surface area (Å²) < 4.78 is 69.5. The largest absolute Gasteiger partial charge is 0.488 e. The number of aromatic nitrogens is 2. The Labute approximate surface area is 249 Å². The van der Waals surface area contributed by atoms with Crippen molar-refractivity contribution in [3.05, 3.63) is 93.0 Å². The minimum Gasteiger partial charge on any atom is -0.488 e. The normalized spacial score (nSPS) is 17.1. The Hall–Kier alpha value is -3.67. The SMILES string of the molecule is O=C(O)Cc1ccc2nc(CN3CCc4cc(C(F)(F)F)c(OCc5ccc(Cl)cc5F)cc4C3)n(C[C@@H]3CCO3)c2c1. The van der Waals surface area contributed by atoms with Gasteiger partial charge in [-0.15, -0.1) is 0 Å². The molecule has 0 unspecified atom stereocenters. The summed E-state index contributed by atoms with van der Waals surface area (Å²) in [5.41, 5.74) is 2.71. The monoisotopic (exact) mass is 617 g/mol. The number of benzene rings is 3. The van der Waals surface area contributed by atoms with Crippen LogP contribution in [0.3, 0.4) is 0 Å². The number of carboxylic acids is 1. The molecule has 3 aromatic carbocycles. The highest BCUT2D eigenvalue weighted by atomic mass is 35.5. The van der Waals surface area contributed by atoms with E-state index in [1.165, 1.54) is 18.2 Å². The Morgan fingerprint density at radius 3 is 2.65 bits per heavy atom. The fourth-order valence-corrected chi connectivity index (χ4v) is 5.73. The summed E-state index contributed by atoms with van der Waals surface area (Å²) in [7, 11) is 0. The average molecular weight is 618 g/mol. The second-order valence-corrected chi connectivity index (χ2v) is 11.4. The number of rotatable bonds is 9. The van der Waals surface area contributed by atoms with Crippen molar-refractivity contribution < 1.29 is 36.9 Å². The Morgan fingerprint density at radius 2 is 1.95 bits per heavy atom. The van der Waals surface area contributed by atoms with E-state index in [2.05, 4.69) is 9.47 Å². The zero-order chi connectivity index (χ0) is 30.3. The van der Waals surface area contributed by atoms with Gasteiger partial charge in [0.05, 0.1) is 42.2 Å². The number of carboxylic acid groups (broad SMARTS) is 1. The van der Waals surface area contributed by atoms with Crippen molar-refractivity contribution in [2.24, 2.45) is 0 Å². The van der Waals surface area contributed by atoms with Crippen molar-refractivity contribution in [2.75, 3.05) is 13.2 Å². The van der Waals surface area contributed by atoms with Crippen molar-refractivity contribution in [2.45, 2.75) is 57.8 Å². The molecule has 2 aliphatic rings. The minimum absolute atomic E-state index is 0.0346. The molecule has 1 aromatic heterocycles. The molecule has 2 aliphatic heterocycles. The van der Waals surface area contributed by atoms with Crippen LogP contribution in [0.25, 0.3) is 11.0 Å². The van der Waals surface area contributed by atoms with Gasteiger partial charge in [0, 0.05) is 30.3 Å². The molecule has 0 aliphatic carbocycles. The summed E-state index contributed by atoms with van der Waals surface area (Å²) >= 11 is 5.80. The molecule has 4 aromatic rings. The third-order valence-corrected chi connectivity index (χ3v) is 8.12. The van der Waals surface area contributed by atoms with E-state index in [9.17, 15) is 27.5 Å². The quantitative estimate of drug-likeness (QED) is 0.219. The predicted octanol–water partition coefficient (Wildman–Crippen LogP) is 6.40. The third kappa shape index (κ3) is 6.48. The van der Waals surface area contributed by atoms with Crippen LogP contribution < -0.4 is 4.74 Å². The number of aliphatic carboxylic acids is 1. The van der Waals surface area contributed by atoms with Crippen LogP contribution in [0.2, 0.25) is 5.02 Å². The van der Waals surface area contributed by atoms with Gasteiger partial charge in [0.1, 0.15) is 24.0 Å². The van der Waals surface area contributed by atoms with Crippen LogP contribution in [0.5, 0.6) is 5.75 Å².